The van der Waals surface area contributed by atoms with Crippen LogP contribution >= 0.6 is 0 Å². The van der Waals surface area contributed by atoms with Crippen molar-refractivity contribution in [1.82, 2.24) is 0 Å². The molecule has 0 fully saturated rings. The molecule has 3 aromatic rings. The molecule has 0 saturated carbocycles. The van der Waals surface area contributed by atoms with Gasteiger partial charge in [-0.25, -0.2) is 0 Å². The molecule has 0 unspecified atom stereocenters. The van der Waals surface area contributed by atoms with Gasteiger partial charge in [-0.3, -0.25) is 0 Å². The van der Waals surface area contributed by atoms with Crippen molar-refractivity contribution in [2.75, 3.05) is 6.61 Å². The maximum atomic E-state index is 9.44. The van der Waals surface area contributed by atoms with Gasteiger partial charge in [0.05, 0.1) is 13.2 Å². The Labute approximate surface area is 172 Å². The lowest BCUT2D eigenvalue weighted by Crippen LogP contribution is -1.99. The van der Waals surface area contributed by atoms with E-state index in [1.165, 1.54) is 16.7 Å². The van der Waals surface area contributed by atoms with Gasteiger partial charge >= 0.3 is 0 Å². The van der Waals surface area contributed by atoms with Crippen LogP contribution < -0.4 is 4.74 Å². The van der Waals surface area contributed by atoms with Crippen LogP contribution in [0.15, 0.2) is 60.7 Å². The van der Waals surface area contributed by atoms with Gasteiger partial charge < -0.3 is 20.1 Å². The number of rotatable bonds is 9. The standard InChI is InChI=1S/C25H28O4/c1-18-12-19(5-3-11-26)7-10-25(18)21-6-2-4-20(13-21)17-29-24-9-8-22(15-27)23(14-24)16-28/h2,4,6-10,12-14,26-28H,3,5,11,15-17H2,1H3. The molecule has 0 atom stereocenters. The Morgan fingerprint density at radius 1 is 0.793 bits per heavy atom. The molecule has 0 radical (unpaired) electrons. The zero-order chi connectivity index (χ0) is 20.6. The van der Waals surface area contributed by atoms with Crippen LogP contribution in [0.25, 0.3) is 11.1 Å². The summed E-state index contributed by atoms with van der Waals surface area (Å²) in [6.45, 7) is 2.52. The first-order valence-electron chi connectivity index (χ1n) is 9.90. The summed E-state index contributed by atoms with van der Waals surface area (Å²) in [7, 11) is 0. The first-order chi connectivity index (χ1) is 14.1. The van der Waals surface area contributed by atoms with E-state index in [1.54, 1.807) is 12.1 Å². The molecule has 3 N–H and O–H groups in total. The largest absolute Gasteiger partial charge is 0.489 e. The van der Waals surface area contributed by atoms with Crippen LogP contribution in [-0.4, -0.2) is 21.9 Å². The second-order valence-corrected chi connectivity index (χ2v) is 7.21. The van der Waals surface area contributed by atoms with E-state index in [9.17, 15) is 10.2 Å². The highest BCUT2D eigenvalue weighted by Crippen LogP contribution is 2.26. The number of aliphatic hydroxyl groups is 3. The van der Waals surface area contributed by atoms with Gasteiger partial charge in [-0.15, -0.1) is 0 Å². The van der Waals surface area contributed by atoms with E-state index >= 15 is 0 Å². The Morgan fingerprint density at radius 3 is 2.34 bits per heavy atom. The minimum atomic E-state index is -0.129. The molecule has 3 rings (SSSR count). The van der Waals surface area contributed by atoms with Gasteiger partial charge in [0.15, 0.2) is 0 Å². The molecule has 3 aromatic carbocycles. The summed E-state index contributed by atoms with van der Waals surface area (Å²) in [5.41, 5.74) is 7.23. The van der Waals surface area contributed by atoms with Crippen molar-refractivity contribution in [3.05, 3.63) is 88.5 Å². The molecule has 0 amide bonds. The quantitative estimate of drug-likeness (QED) is 0.512. The fraction of sp³-hybridized carbons (Fsp3) is 0.280. The predicted molar refractivity (Wildman–Crippen MR) is 115 cm³/mol. The molecule has 152 valence electrons. The van der Waals surface area contributed by atoms with Crippen molar-refractivity contribution in [3.63, 3.8) is 0 Å². The Bertz CT molecular complexity index is 949. The van der Waals surface area contributed by atoms with Crippen molar-refractivity contribution >= 4 is 0 Å². The number of aryl methyl sites for hydroxylation is 2. The van der Waals surface area contributed by atoms with Crippen molar-refractivity contribution in [2.24, 2.45) is 0 Å². The predicted octanol–water partition coefficient (Wildman–Crippen LogP) is 4.15. The fourth-order valence-electron chi connectivity index (χ4n) is 3.48. The molecule has 0 bridgehead atoms. The third kappa shape index (κ3) is 5.45. The molecule has 0 heterocycles. The van der Waals surface area contributed by atoms with Crippen LogP contribution in [0.3, 0.4) is 0 Å². The molecule has 0 saturated heterocycles. The lowest BCUT2D eigenvalue weighted by molar-refractivity contribution is 0.257. The Morgan fingerprint density at radius 2 is 1.62 bits per heavy atom. The van der Waals surface area contributed by atoms with E-state index in [2.05, 4.69) is 37.3 Å². The lowest BCUT2D eigenvalue weighted by Gasteiger charge is -2.12. The smallest absolute Gasteiger partial charge is 0.120 e. The Kier molecular flexibility index (Phi) is 7.42. The highest BCUT2D eigenvalue weighted by molar-refractivity contribution is 5.68. The maximum Gasteiger partial charge on any atom is 0.120 e. The first kappa shape index (κ1) is 21.1. The summed E-state index contributed by atoms with van der Waals surface area (Å²) in [6.07, 6.45) is 1.67. The Balaban J connectivity index is 1.73. The monoisotopic (exact) mass is 392 g/mol. The van der Waals surface area contributed by atoms with Crippen molar-refractivity contribution in [1.29, 1.82) is 0 Å². The summed E-state index contributed by atoms with van der Waals surface area (Å²) in [6, 6.07) is 20.1. The van der Waals surface area contributed by atoms with Crippen LogP contribution in [-0.2, 0) is 26.2 Å². The minimum absolute atomic E-state index is 0.101. The van der Waals surface area contributed by atoms with Crippen molar-refractivity contribution < 1.29 is 20.1 Å². The van der Waals surface area contributed by atoms with Crippen LogP contribution in [0.1, 0.15) is 34.2 Å². The van der Waals surface area contributed by atoms with Crippen LogP contribution in [0, 0.1) is 6.92 Å². The lowest BCUT2D eigenvalue weighted by atomic mass is 9.96. The molecular weight excluding hydrogens is 364 g/mol. The summed E-state index contributed by atoms with van der Waals surface area (Å²) in [5.74, 6) is 0.668. The molecule has 4 heteroatoms. The van der Waals surface area contributed by atoms with Crippen LogP contribution in [0.5, 0.6) is 5.75 Å². The van der Waals surface area contributed by atoms with Gasteiger partial charge in [-0.05, 0) is 76.9 Å². The van der Waals surface area contributed by atoms with Crippen molar-refractivity contribution in [3.8, 4) is 16.9 Å². The number of hydrogen-bond acceptors (Lipinski definition) is 4. The maximum absolute atomic E-state index is 9.44. The molecule has 0 aliphatic heterocycles. The second-order valence-electron chi connectivity index (χ2n) is 7.21. The summed E-state index contributed by atoms with van der Waals surface area (Å²) >= 11 is 0. The highest BCUT2D eigenvalue weighted by atomic mass is 16.5. The van der Waals surface area contributed by atoms with E-state index in [1.807, 2.05) is 18.2 Å². The number of ether oxygens (including phenoxy) is 1. The molecule has 0 aliphatic rings. The zero-order valence-corrected chi connectivity index (χ0v) is 16.8. The SMILES string of the molecule is Cc1cc(CCCO)ccc1-c1cccc(COc2ccc(CO)c(CO)c2)c1. The van der Waals surface area contributed by atoms with Gasteiger partial charge in [-0.1, -0.05) is 42.5 Å². The molecule has 0 spiro atoms. The van der Waals surface area contributed by atoms with E-state index in [0.717, 1.165) is 24.0 Å². The molecular formula is C25H28O4. The fourth-order valence-corrected chi connectivity index (χ4v) is 3.48. The topological polar surface area (TPSA) is 69.9 Å². The van der Waals surface area contributed by atoms with Gasteiger partial charge in [0.25, 0.3) is 0 Å². The third-order valence-corrected chi connectivity index (χ3v) is 5.08. The van der Waals surface area contributed by atoms with E-state index in [0.29, 0.717) is 23.5 Å². The summed E-state index contributed by atoms with van der Waals surface area (Å²) < 4.78 is 5.90. The van der Waals surface area contributed by atoms with Crippen molar-refractivity contribution in [2.45, 2.75) is 39.6 Å². The van der Waals surface area contributed by atoms with Gasteiger partial charge in [0.1, 0.15) is 12.4 Å². The van der Waals surface area contributed by atoms with E-state index in [-0.39, 0.29) is 19.8 Å². The third-order valence-electron chi connectivity index (χ3n) is 5.08. The normalized spacial score (nSPS) is 10.9. The molecule has 0 aliphatic carbocycles. The van der Waals surface area contributed by atoms with Crippen LogP contribution in [0.4, 0.5) is 0 Å². The number of hydrogen-bond donors (Lipinski definition) is 3. The molecule has 0 aromatic heterocycles. The molecule has 29 heavy (non-hydrogen) atoms. The zero-order valence-electron chi connectivity index (χ0n) is 16.8. The Hall–Kier alpha value is -2.66. The van der Waals surface area contributed by atoms with E-state index < -0.39 is 0 Å². The second kappa shape index (κ2) is 10.2. The van der Waals surface area contributed by atoms with E-state index in [4.69, 9.17) is 9.84 Å². The number of aliphatic hydroxyl groups excluding tert-OH is 3. The minimum Gasteiger partial charge on any atom is -0.489 e. The van der Waals surface area contributed by atoms with Gasteiger partial charge in [-0.2, -0.15) is 0 Å². The molecule has 4 nitrogen and oxygen atoms in total. The first-order valence-corrected chi connectivity index (χ1v) is 9.90. The average Bonchev–Trinajstić information content (AvgIpc) is 2.76. The highest BCUT2D eigenvalue weighted by Gasteiger charge is 2.07. The average molecular weight is 392 g/mol. The number of benzene rings is 3. The summed E-state index contributed by atoms with van der Waals surface area (Å²) in [5, 5.41) is 27.8. The van der Waals surface area contributed by atoms with Crippen LogP contribution in [0.2, 0.25) is 0 Å². The summed E-state index contributed by atoms with van der Waals surface area (Å²) in [4.78, 5) is 0. The van der Waals surface area contributed by atoms with Gasteiger partial charge in [0.2, 0.25) is 0 Å². The van der Waals surface area contributed by atoms with Gasteiger partial charge in [0, 0.05) is 6.61 Å².